The summed E-state index contributed by atoms with van der Waals surface area (Å²) >= 11 is 0. The van der Waals surface area contributed by atoms with Crippen molar-refractivity contribution < 1.29 is 13.2 Å². The van der Waals surface area contributed by atoms with Gasteiger partial charge in [-0.15, -0.1) is 0 Å². The molecule has 0 aliphatic heterocycles. The van der Waals surface area contributed by atoms with Crippen molar-refractivity contribution in [1.82, 2.24) is 10.2 Å². The standard InChI is InChI=1S/C8H4BF3N2/c9-4-1-2-6-5(3-4)7(14-13-6)8(10,11)12/h1-3H,(H,13,14). The molecule has 14 heavy (non-hydrogen) atoms. The maximum Gasteiger partial charge on any atom is 0.433 e. The van der Waals surface area contributed by atoms with Gasteiger partial charge in [-0.1, -0.05) is 17.6 Å². The van der Waals surface area contributed by atoms with Crippen molar-refractivity contribution >= 4 is 24.2 Å². The van der Waals surface area contributed by atoms with Crippen LogP contribution in [0.25, 0.3) is 10.9 Å². The maximum atomic E-state index is 12.4. The van der Waals surface area contributed by atoms with Crippen molar-refractivity contribution in [3.63, 3.8) is 0 Å². The lowest BCUT2D eigenvalue weighted by atomic mass is 9.94. The van der Waals surface area contributed by atoms with Gasteiger partial charge in [-0.05, 0) is 6.07 Å². The molecule has 0 atom stereocenters. The van der Waals surface area contributed by atoms with Crippen LogP contribution < -0.4 is 5.46 Å². The maximum absolute atomic E-state index is 12.4. The molecule has 1 aromatic heterocycles. The van der Waals surface area contributed by atoms with Crippen molar-refractivity contribution in [2.75, 3.05) is 0 Å². The van der Waals surface area contributed by atoms with E-state index in [2.05, 4.69) is 5.10 Å². The Morgan fingerprint density at radius 3 is 2.64 bits per heavy atom. The highest BCUT2D eigenvalue weighted by atomic mass is 19.4. The van der Waals surface area contributed by atoms with Gasteiger partial charge in [-0.3, -0.25) is 5.10 Å². The van der Waals surface area contributed by atoms with Crippen LogP contribution >= 0.6 is 0 Å². The average Bonchev–Trinajstić information content (AvgIpc) is 2.45. The zero-order valence-electron chi connectivity index (χ0n) is 6.89. The molecule has 0 fully saturated rings. The lowest BCUT2D eigenvalue weighted by molar-refractivity contribution is -0.139. The van der Waals surface area contributed by atoms with E-state index < -0.39 is 11.9 Å². The third-order valence-electron chi connectivity index (χ3n) is 1.86. The molecule has 2 nitrogen and oxygen atoms in total. The van der Waals surface area contributed by atoms with Crippen molar-refractivity contribution in [2.45, 2.75) is 6.18 Å². The van der Waals surface area contributed by atoms with Crippen molar-refractivity contribution in [1.29, 1.82) is 0 Å². The van der Waals surface area contributed by atoms with Gasteiger partial charge in [-0.25, -0.2) is 0 Å². The molecular formula is C8H4BF3N2. The number of benzene rings is 1. The van der Waals surface area contributed by atoms with Crippen LogP contribution in [0.15, 0.2) is 18.2 Å². The zero-order valence-corrected chi connectivity index (χ0v) is 6.89. The normalized spacial score (nSPS) is 12.2. The Hall–Kier alpha value is -1.46. The number of halogens is 3. The molecule has 0 amide bonds. The van der Waals surface area contributed by atoms with Crippen LogP contribution in [0.1, 0.15) is 5.69 Å². The van der Waals surface area contributed by atoms with Gasteiger partial charge in [0.15, 0.2) is 0 Å². The van der Waals surface area contributed by atoms with Gasteiger partial charge in [0.05, 0.1) is 5.52 Å². The predicted molar refractivity (Wildman–Crippen MR) is 46.5 cm³/mol. The average molecular weight is 196 g/mol. The van der Waals surface area contributed by atoms with Crippen LogP contribution in [0.3, 0.4) is 0 Å². The highest BCUT2D eigenvalue weighted by Gasteiger charge is 2.34. The van der Waals surface area contributed by atoms with Crippen LogP contribution in [-0.2, 0) is 6.18 Å². The van der Waals surface area contributed by atoms with Gasteiger partial charge in [-0.2, -0.15) is 18.3 Å². The molecule has 0 unspecified atom stereocenters. The van der Waals surface area contributed by atoms with Gasteiger partial charge in [0.2, 0.25) is 0 Å². The molecule has 2 aromatic rings. The fraction of sp³-hybridized carbons (Fsp3) is 0.125. The molecule has 6 heteroatoms. The molecule has 2 rings (SSSR count). The summed E-state index contributed by atoms with van der Waals surface area (Å²) in [5.41, 5.74) is -0.323. The first kappa shape index (κ1) is 9.11. The second-order valence-corrected chi connectivity index (χ2v) is 2.87. The SMILES string of the molecule is [B]c1ccc2n[nH]c(C(F)(F)F)c2c1. The number of hydrogen-bond acceptors (Lipinski definition) is 1. The van der Waals surface area contributed by atoms with E-state index in [1.165, 1.54) is 18.2 Å². The van der Waals surface area contributed by atoms with E-state index in [1.54, 1.807) is 0 Å². The van der Waals surface area contributed by atoms with E-state index >= 15 is 0 Å². The first-order valence-electron chi connectivity index (χ1n) is 3.79. The minimum atomic E-state index is -4.43. The van der Waals surface area contributed by atoms with Crippen LogP contribution in [0.2, 0.25) is 0 Å². The summed E-state index contributed by atoms with van der Waals surface area (Å²) in [6.45, 7) is 0. The number of rotatable bonds is 0. The zero-order chi connectivity index (χ0) is 10.3. The third kappa shape index (κ3) is 1.36. The molecule has 0 aliphatic carbocycles. The molecule has 0 saturated carbocycles. The van der Waals surface area contributed by atoms with Gasteiger partial charge in [0.1, 0.15) is 13.5 Å². The first-order valence-corrected chi connectivity index (χ1v) is 3.79. The number of nitrogens with one attached hydrogen (secondary N) is 1. The van der Waals surface area contributed by atoms with E-state index in [9.17, 15) is 13.2 Å². The molecule has 0 spiro atoms. The molecular weight excluding hydrogens is 192 g/mol. The highest BCUT2D eigenvalue weighted by molar-refractivity contribution is 6.33. The molecule has 70 valence electrons. The molecule has 0 saturated heterocycles. The Morgan fingerprint density at radius 1 is 1.29 bits per heavy atom. The highest BCUT2D eigenvalue weighted by Crippen LogP contribution is 2.32. The smallest absolute Gasteiger partial charge is 0.272 e. The lowest BCUT2D eigenvalue weighted by Crippen LogP contribution is -2.07. The number of alkyl halides is 3. The van der Waals surface area contributed by atoms with Gasteiger partial charge in [0, 0.05) is 5.39 Å². The summed E-state index contributed by atoms with van der Waals surface area (Å²) in [6.07, 6.45) is -4.43. The van der Waals surface area contributed by atoms with E-state index in [1.807, 2.05) is 5.10 Å². The monoisotopic (exact) mass is 196 g/mol. The number of fused-ring (bicyclic) bond motifs is 1. The van der Waals surface area contributed by atoms with Gasteiger partial charge >= 0.3 is 6.18 Å². The molecule has 2 radical (unpaired) electrons. The molecule has 0 aliphatic rings. The summed E-state index contributed by atoms with van der Waals surface area (Å²) in [5, 5.41) is 5.47. The Morgan fingerprint density at radius 2 is 2.00 bits per heavy atom. The van der Waals surface area contributed by atoms with Crippen LogP contribution in [0.5, 0.6) is 0 Å². The number of hydrogen-bond donors (Lipinski definition) is 1. The van der Waals surface area contributed by atoms with E-state index in [4.69, 9.17) is 7.85 Å². The number of nitrogens with zero attached hydrogens (tertiary/aromatic N) is 1. The topological polar surface area (TPSA) is 28.7 Å². The van der Waals surface area contributed by atoms with Gasteiger partial charge < -0.3 is 0 Å². The molecule has 1 N–H and O–H groups in total. The van der Waals surface area contributed by atoms with Crippen molar-refractivity contribution in [2.24, 2.45) is 0 Å². The minimum absolute atomic E-state index is 0.00231. The fourth-order valence-electron chi connectivity index (χ4n) is 1.24. The number of aromatic amines is 1. The number of H-pyrrole nitrogens is 1. The Bertz CT molecular complexity index is 475. The van der Waals surface area contributed by atoms with Crippen LogP contribution in [-0.4, -0.2) is 18.0 Å². The summed E-state index contributed by atoms with van der Waals surface area (Å²) in [5.74, 6) is 0. The quantitative estimate of drug-likeness (QED) is 0.633. The Labute approximate surface area is 78.5 Å². The van der Waals surface area contributed by atoms with Crippen LogP contribution in [0.4, 0.5) is 13.2 Å². The number of aromatic nitrogens is 2. The lowest BCUT2D eigenvalue weighted by Gasteiger charge is -2.03. The first-order chi connectivity index (χ1) is 6.48. The van der Waals surface area contributed by atoms with Crippen molar-refractivity contribution in [3.8, 4) is 0 Å². The summed E-state index contributed by atoms with van der Waals surface area (Å²) in [4.78, 5) is 0. The van der Waals surface area contributed by atoms with Crippen molar-refractivity contribution in [3.05, 3.63) is 23.9 Å². The third-order valence-corrected chi connectivity index (χ3v) is 1.86. The Kier molecular flexibility index (Phi) is 1.80. The largest absolute Gasteiger partial charge is 0.433 e. The predicted octanol–water partition coefficient (Wildman–Crippen LogP) is 1.38. The van der Waals surface area contributed by atoms with E-state index in [0.717, 1.165) is 0 Å². The summed E-state index contributed by atoms with van der Waals surface area (Å²) < 4.78 is 37.1. The van der Waals surface area contributed by atoms with Crippen LogP contribution in [0, 0.1) is 0 Å². The van der Waals surface area contributed by atoms with E-state index in [-0.39, 0.29) is 16.4 Å². The van der Waals surface area contributed by atoms with E-state index in [0.29, 0.717) is 0 Å². The second-order valence-electron chi connectivity index (χ2n) is 2.87. The fourth-order valence-corrected chi connectivity index (χ4v) is 1.24. The second kappa shape index (κ2) is 2.77. The molecule has 0 bridgehead atoms. The van der Waals surface area contributed by atoms with Gasteiger partial charge in [0.25, 0.3) is 0 Å². The summed E-state index contributed by atoms with van der Waals surface area (Å²) in [7, 11) is 5.39. The summed E-state index contributed by atoms with van der Waals surface area (Å²) in [6, 6.07) is 4.20. The Balaban J connectivity index is 2.73. The minimum Gasteiger partial charge on any atom is -0.272 e. The molecule has 1 heterocycles. The molecule has 1 aromatic carbocycles.